The van der Waals surface area contributed by atoms with Crippen LogP contribution >= 0.6 is 0 Å². The Morgan fingerprint density at radius 2 is 1.93 bits per heavy atom. The Kier molecular flexibility index (Phi) is 6.97. The maximum absolute atomic E-state index is 14.4. The largest absolute Gasteiger partial charge is 0.416 e. The summed E-state index contributed by atoms with van der Waals surface area (Å²) >= 11 is 0. The van der Waals surface area contributed by atoms with Gasteiger partial charge in [-0.3, -0.25) is 9.69 Å². The number of benzene rings is 2. The van der Waals surface area contributed by atoms with Crippen molar-refractivity contribution in [3.63, 3.8) is 0 Å². The first kappa shape index (κ1) is 27.9. The smallest absolute Gasteiger partial charge is 0.381 e. The molecule has 3 aromatic rings. The molecule has 218 valence electrons. The van der Waals surface area contributed by atoms with Crippen molar-refractivity contribution in [1.82, 2.24) is 15.0 Å². The lowest BCUT2D eigenvalue weighted by molar-refractivity contribution is -0.657. The van der Waals surface area contributed by atoms with Crippen molar-refractivity contribution in [3.05, 3.63) is 70.3 Å². The zero-order valence-corrected chi connectivity index (χ0v) is 24.0. The first-order chi connectivity index (χ1) is 19.5. The van der Waals surface area contributed by atoms with E-state index in [-0.39, 0.29) is 41.8 Å². The zero-order valence-electron chi connectivity index (χ0n) is 24.0. The van der Waals surface area contributed by atoms with E-state index in [0.717, 1.165) is 55.3 Å². The van der Waals surface area contributed by atoms with E-state index in [1.165, 1.54) is 11.0 Å². The van der Waals surface area contributed by atoms with Gasteiger partial charge in [-0.15, -0.1) is 0 Å². The van der Waals surface area contributed by atoms with Crippen LogP contribution in [0.15, 0.2) is 36.9 Å². The lowest BCUT2D eigenvalue weighted by atomic mass is 9.76. The Morgan fingerprint density at radius 3 is 2.51 bits per heavy atom. The van der Waals surface area contributed by atoms with Gasteiger partial charge in [-0.1, -0.05) is 17.7 Å². The van der Waals surface area contributed by atoms with Crippen molar-refractivity contribution >= 4 is 11.6 Å². The van der Waals surface area contributed by atoms with Gasteiger partial charge in [0.05, 0.1) is 30.9 Å². The van der Waals surface area contributed by atoms with Crippen molar-refractivity contribution in [1.29, 1.82) is 0 Å². The molecule has 2 heterocycles. The van der Waals surface area contributed by atoms with Crippen LogP contribution in [0.1, 0.15) is 90.0 Å². The highest BCUT2D eigenvalue weighted by Gasteiger charge is 2.43. The molecular formula is C31H37F3N5O2+. The maximum Gasteiger partial charge on any atom is 0.416 e. The molecule has 0 spiro atoms. The summed E-state index contributed by atoms with van der Waals surface area (Å²) in [7, 11) is 3.57. The first-order valence-electron chi connectivity index (χ1n) is 14.4. The van der Waals surface area contributed by atoms with Crippen molar-refractivity contribution in [2.75, 3.05) is 12.0 Å². The number of carbonyl (C=O) groups excluding carboxylic acids is 1. The van der Waals surface area contributed by atoms with Gasteiger partial charge >= 0.3 is 6.18 Å². The number of anilines is 1. The number of ether oxygens (including phenoxy) is 1. The van der Waals surface area contributed by atoms with Crippen molar-refractivity contribution < 1.29 is 27.4 Å². The number of hydrogen-bond donors (Lipinski definition) is 1. The number of nitrogens with zero attached hydrogens (tertiary/aromatic N) is 4. The molecule has 1 aliphatic heterocycles. The Balaban J connectivity index is 1.44. The number of carbonyl (C=O) groups is 1. The van der Waals surface area contributed by atoms with E-state index < -0.39 is 17.6 Å². The van der Waals surface area contributed by atoms with Crippen molar-refractivity contribution in [2.45, 2.75) is 89.2 Å². The number of halogens is 3. The average Bonchev–Trinajstić information content (AvgIpc) is 3.47. The van der Waals surface area contributed by atoms with E-state index >= 15 is 0 Å². The summed E-state index contributed by atoms with van der Waals surface area (Å²) in [6, 6.07) is 6.95. The molecule has 0 atom stereocenters. The fourth-order valence-electron chi connectivity index (χ4n) is 6.39. The molecule has 41 heavy (non-hydrogen) atoms. The number of fused-ring (bicyclic) bond motifs is 1. The molecule has 0 radical (unpaired) electrons. The fourth-order valence-corrected chi connectivity index (χ4v) is 6.39. The molecule has 7 nitrogen and oxygen atoms in total. The Morgan fingerprint density at radius 1 is 1.17 bits per heavy atom. The SMILES string of the molecule is CCc1cc(N2Cc3c(cc(CNC4(C)CCC4)cc3C(F)(F)F)C2=O)c(-[n+]2cn(C)cn2)c([C@H]2C[C@H](OC)C2)c1. The van der Waals surface area contributed by atoms with Crippen LogP contribution in [-0.2, 0) is 37.5 Å². The van der Waals surface area contributed by atoms with E-state index in [2.05, 4.69) is 23.4 Å². The summed E-state index contributed by atoms with van der Waals surface area (Å²) in [4.78, 5) is 15.5. The number of hydrogen-bond acceptors (Lipinski definition) is 4. The normalized spacial score (nSPS) is 21.5. The number of aromatic nitrogens is 3. The first-order valence-corrected chi connectivity index (χ1v) is 14.4. The Bertz CT molecular complexity index is 1490. The Labute approximate surface area is 238 Å². The number of amides is 1. The summed E-state index contributed by atoms with van der Waals surface area (Å²) in [6.07, 6.45) is 4.58. The highest BCUT2D eigenvalue weighted by atomic mass is 19.4. The fraction of sp³-hybridized carbons (Fsp3) is 0.516. The summed E-state index contributed by atoms with van der Waals surface area (Å²) in [6.45, 7) is 4.27. The Hall–Kier alpha value is -3.24. The molecule has 1 amide bonds. The van der Waals surface area contributed by atoms with Crippen LogP contribution in [0.3, 0.4) is 0 Å². The molecule has 1 aromatic heterocycles. The second-order valence-electron chi connectivity index (χ2n) is 12.1. The molecule has 6 rings (SSSR count). The van der Waals surface area contributed by atoms with E-state index in [0.29, 0.717) is 11.3 Å². The average molecular weight is 569 g/mol. The maximum atomic E-state index is 14.4. The predicted molar refractivity (Wildman–Crippen MR) is 148 cm³/mol. The van der Waals surface area contributed by atoms with Gasteiger partial charge in [0.2, 0.25) is 6.33 Å². The summed E-state index contributed by atoms with van der Waals surface area (Å²) < 4.78 is 52.3. The molecule has 0 unspecified atom stereocenters. The minimum Gasteiger partial charge on any atom is -0.381 e. The zero-order chi connectivity index (χ0) is 29.1. The molecule has 2 saturated carbocycles. The lowest BCUT2D eigenvalue weighted by Gasteiger charge is -2.39. The highest BCUT2D eigenvalue weighted by molar-refractivity contribution is 6.11. The third-order valence-electron chi connectivity index (χ3n) is 9.21. The highest BCUT2D eigenvalue weighted by Crippen LogP contribution is 2.45. The lowest BCUT2D eigenvalue weighted by Crippen LogP contribution is -2.47. The topological polar surface area (TPSA) is 63.3 Å². The van der Waals surface area contributed by atoms with Crippen molar-refractivity contribution in [3.8, 4) is 5.69 Å². The molecule has 0 saturated heterocycles. The summed E-state index contributed by atoms with van der Waals surface area (Å²) in [5.74, 6) is -0.214. The molecule has 2 fully saturated rings. The second-order valence-corrected chi connectivity index (χ2v) is 12.1. The van der Waals surface area contributed by atoms with Crippen LogP contribution in [0.5, 0.6) is 0 Å². The van der Waals surface area contributed by atoms with Crippen LogP contribution in [0.25, 0.3) is 5.69 Å². The van der Waals surface area contributed by atoms with E-state index in [4.69, 9.17) is 4.74 Å². The number of nitrogens with one attached hydrogen (secondary N) is 1. The van der Waals surface area contributed by atoms with Gasteiger partial charge in [0.25, 0.3) is 12.2 Å². The van der Waals surface area contributed by atoms with Gasteiger partial charge < -0.3 is 10.1 Å². The third kappa shape index (κ3) is 5.05. The molecule has 2 aromatic carbocycles. The van der Waals surface area contributed by atoms with Gasteiger partial charge in [-0.05, 0) is 91.4 Å². The van der Waals surface area contributed by atoms with Gasteiger partial charge in [-0.2, -0.15) is 13.2 Å². The number of aryl methyl sites for hydroxylation is 2. The minimum atomic E-state index is -4.58. The molecule has 10 heteroatoms. The quantitative estimate of drug-likeness (QED) is 0.372. The summed E-state index contributed by atoms with van der Waals surface area (Å²) in [5, 5.41) is 7.95. The molecule has 2 aliphatic carbocycles. The third-order valence-corrected chi connectivity index (χ3v) is 9.21. The van der Waals surface area contributed by atoms with E-state index in [1.807, 2.05) is 30.9 Å². The molecular weight excluding hydrogens is 531 g/mol. The second kappa shape index (κ2) is 10.2. The van der Waals surface area contributed by atoms with Gasteiger partial charge in [0.15, 0.2) is 5.69 Å². The van der Waals surface area contributed by atoms with Crippen LogP contribution in [0, 0.1) is 0 Å². The monoisotopic (exact) mass is 568 g/mol. The molecule has 1 N–H and O–H groups in total. The summed E-state index contributed by atoms with van der Waals surface area (Å²) in [5.41, 5.74) is 3.21. The van der Waals surface area contributed by atoms with Crippen LogP contribution in [0.4, 0.5) is 18.9 Å². The number of alkyl halides is 3. The number of rotatable bonds is 8. The van der Waals surface area contributed by atoms with Gasteiger partial charge in [0.1, 0.15) is 0 Å². The molecule has 3 aliphatic rings. The minimum absolute atomic E-state index is 0.0321. The molecule has 0 bridgehead atoms. The van der Waals surface area contributed by atoms with Gasteiger partial charge in [0, 0.05) is 30.3 Å². The van der Waals surface area contributed by atoms with Gasteiger partial charge in [-0.25, -0.2) is 4.57 Å². The number of methoxy groups -OCH3 is 1. The van der Waals surface area contributed by atoms with Crippen LogP contribution < -0.4 is 14.9 Å². The standard InChI is InChI=1S/C31H37F3N5O2/c1-5-19-9-23(21-13-22(14-21)41-4)28(39-18-37(3)17-36-39)27(12-19)38-16-25-24(29(38)40)10-20(11-26(25)31(32,33)34)15-35-30(2)7-6-8-30/h9-12,17-18,21-22,35H,5-8,13-16H2,1-4H3/q+1/t21-,22-. The van der Waals surface area contributed by atoms with E-state index in [9.17, 15) is 18.0 Å². The van der Waals surface area contributed by atoms with Crippen LogP contribution in [-0.4, -0.2) is 34.3 Å². The predicted octanol–water partition coefficient (Wildman–Crippen LogP) is 5.36. The van der Waals surface area contributed by atoms with Crippen molar-refractivity contribution in [2.24, 2.45) is 7.05 Å². The van der Waals surface area contributed by atoms with Crippen LogP contribution in [0.2, 0.25) is 0 Å². The van der Waals surface area contributed by atoms with E-state index in [1.54, 1.807) is 24.2 Å².